The van der Waals surface area contributed by atoms with Crippen LogP contribution in [0.4, 0.5) is 0 Å². The Bertz CT molecular complexity index is 323. The predicted molar refractivity (Wildman–Crippen MR) is 55.6 cm³/mol. The minimum Gasteiger partial charge on any atom is -0.466 e. The summed E-state index contributed by atoms with van der Waals surface area (Å²) in [6.45, 7) is 0. The van der Waals surface area contributed by atoms with Crippen LogP contribution in [-0.2, 0) is 0 Å². The summed E-state index contributed by atoms with van der Waals surface area (Å²) < 4.78 is 5.19. The average Bonchev–Trinajstić information content (AvgIpc) is 2.77. The first kappa shape index (κ1) is 10.4. The Morgan fingerprint density at radius 3 is 2.80 bits per heavy atom. The fraction of sp³-hybridized carbons (Fsp3) is 0.583. The number of furan rings is 1. The van der Waals surface area contributed by atoms with Crippen LogP contribution in [0.2, 0.25) is 0 Å². The predicted octanol–water partition coefficient (Wildman–Crippen LogP) is 2.71. The smallest absolute Gasteiger partial charge is 0.153 e. The average molecular weight is 208 g/mol. The number of carbonyl (C=O) groups is 1. The number of aliphatic hydroxyl groups is 1. The summed E-state index contributed by atoms with van der Waals surface area (Å²) in [5.41, 5.74) is 0.480. The third-order valence-electron chi connectivity index (χ3n) is 3.22. The summed E-state index contributed by atoms with van der Waals surface area (Å²) in [7, 11) is 0. The summed E-state index contributed by atoms with van der Waals surface area (Å²) >= 11 is 0. The Balaban J connectivity index is 2.11. The molecule has 1 N–H and O–H groups in total. The van der Waals surface area contributed by atoms with E-state index < -0.39 is 6.10 Å². The van der Waals surface area contributed by atoms with E-state index in [-0.39, 0.29) is 5.92 Å². The zero-order valence-corrected chi connectivity index (χ0v) is 8.69. The van der Waals surface area contributed by atoms with Crippen molar-refractivity contribution >= 4 is 6.29 Å². The maximum atomic E-state index is 10.7. The van der Waals surface area contributed by atoms with Gasteiger partial charge < -0.3 is 9.52 Å². The third kappa shape index (κ3) is 2.12. The molecule has 0 amide bonds. The van der Waals surface area contributed by atoms with Gasteiger partial charge in [0.25, 0.3) is 0 Å². The molecule has 3 heteroatoms. The van der Waals surface area contributed by atoms with Crippen LogP contribution in [0.1, 0.15) is 54.3 Å². The Kier molecular flexibility index (Phi) is 3.21. The molecule has 1 aromatic heterocycles. The Labute approximate surface area is 89.1 Å². The maximum Gasteiger partial charge on any atom is 0.153 e. The van der Waals surface area contributed by atoms with Crippen LogP contribution < -0.4 is 0 Å². The Hall–Kier alpha value is -1.09. The van der Waals surface area contributed by atoms with E-state index in [4.69, 9.17) is 4.42 Å². The first-order chi connectivity index (χ1) is 7.33. The second-order valence-corrected chi connectivity index (χ2v) is 4.20. The maximum absolute atomic E-state index is 10.7. The van der Waals surface area contributed by atoms with Crippen molar-refractivity contribution in [3.63, 3.8) is 0 Å². The topological polar surface area (TPSA) is 50.4 Å². The van der Waals surface area contributed by atoms with E-state index in [0.29, 0.717) is 11.3 Å². The number of aldehydes is 1. The Morgan fingerprint density at radius 2 is 2.13 bits per heavy atom. The van der Waals surface area contributed by atoms with Crippen LogP contribution in [0, 0.1) is 5.92 Å². The lowest BCUT2D eigenvalue weighted by Gasteiger charge is -2.25. The van der Waals surface area contributed by atoms with Gasteiger partial charge in [-0.15, -0.1) is 0 Å². The van der Waals surface area contributed by atoms with Crippen molar-refractivity contribution < 1.29 is 14.3 Å². The quantitative estimate of drug-likeness (QED) is 0.777. The molecule has 1 aliphatic rings. The standard InChI is InChI=1S/C12H16O3/c13-8-10-6-7-15-12(10)11(14)9-4-2-1-3-5-9/h6-9,11,14H,1-5H2/t11-/m1/s1. The van der Waals surface area contributed by atoms with Gasteiger partial charge in [0.1, 0.15) is 11.9 Å². The summed E-state index contributed by atoms with van der Waals surface area (Å²) in [4.78, 5) is 10.7. The van der Waals surface area contributed by atoms with Crippen molar-refractivity contribution in [3.8, 4) is 0 Å². The molecule has 15 heavy (non-hydrogen) atoms. The van der Waals surface area contributed by atoms with Crippen molar-refractivity contribution in [1.29, 1.82) is 0 Å². The lowest BCUT2D eigenvalue weighted by Crippen LogP contribution is -2.16. The molecule has 82 valence electrons. The third-order valence-corrected chi connectivity index (χ3v) is 3.22. The van der Waals surface area contributed by atoms with Gasteiger partial charge in [-0.05, 0) is 24.8 Å². The molecule has 1 heterocycles. The number of hydrogen-bond acceptors (Lipinski definition) is 3. The monoisotopic (exact) mass is 208 g/mol. The van der Waals surface area contributed by atoms with Gasteiger partial charge in [-0.1, -0.05) is 19.3 Å². The van der Waals surface area contributed by atoms with Crippen LogP contribution in [0.3, 0.4) is 0 Å². The molecule has 1 fully saturated rings. The second-order valence-electron chi connectivity index (χ2n) is 4.20. The molecule has 0 spiro atoms. The van der Waals surface area contributed by atoms with Crippen molar-refractivity contribution in [2.45, 2.75) is 38.2 Å². The van der Waals surface area contributed by atoms with E-state index in [1.807, 2.05) is 0 Å². The molecule has 2 rings (SSSR count). The summed E-state index contributed by atoms with van der Waals surface area (Å²) in [5, 5.41) is 10.1. The van der Waals surface area contributed by atoms with Crippen LogP contribution in [0.5, 0.6) is 0 Å². The van der Waals surface area contributed by atoms with Crippen LogP contribution >= 0.6 is 0 Å². The van der Waals surface area contributed by atoms with Gasteiger partial charge in [0.2, 0.25) is 0 Å². The van der Waals surface area contributed by atoms with Gasteiger partial charge >= 0.3 is 0 Å². The highest BCUT2D eigenvalue weighted by atomic mass is 16.4. The lowest BCUT2D eigenvalue weighted by molar-refractivity contribution is 0.0641. The largest absolute Gasteiger partial charge is 0.466 e. The van der Waals surface area contributed by atoms with Gasteiger partial charge in [-0.2, -0.15) is 0 Å². The molecule has 1 saturated carbocycles. The number of aliphatic hydroxyl groups excluding tert-OH is 1. The van der Waals surface area contributed by atoms with E-state index in [2.05, 4.69) is 0 Å². The SMILES string of the molecule is O=Cc1ccoc1[C@H](O)C1CCCCC1. The van der Waals surface area contributed by atoms with Crippen molar-refractivity contribution in [2.75, 3.05) is 0 Å². The minimum atomic E-state index is -0.611. The fourth-order valence-corrected chi connectivity index (χ4v) is 2.33. The molecule has 1 atom stereocenters. The van der Waals surface area contributed by atoms with E-state index in [1.54, 1.807) is 6.07 Å². The van der Waals surface area contributed by atoms with Crippen molar-refractivity contribution in [1.82, 2.24) is 0 Å². The highest BCUT2D eigenvalue weighted by Gasteiger charge is 2.26. The molecular weight excluding hydrogens is 192 g/mol. The van der Waals surface area contributed by atoms with Crippen LogP contribution in [-0.4, -0.2) is 11.4 Å². The highest BCUT2D eigenvalue weighted by Crippen LogP contribution is 2.35. The zero-order valence-electron chi connectivity index (χ0n) is 8.69. The van der Waals surface area contributed by atoms with Crippen molar-refractivity contribution in [2.24, 2.45) is 5.92 Å². The van der Waals surface area contributed by atoms with E-state index in [0.717, 1.165) is 19.1 Å². The number of hydrogen-bond donors (Lipinski definition) is 1. The lowest BCUT2D eigenvalue weighted by atomic mass is 9.84. The van der Waals surface area contributed by atoms with Crippen molar-refractivity contribution in [3.05, 3.63) is 23.7 Å². The minimum absolute atomic E-state index is 0.253. The Morgan fingerprint density at radius 1 is 1.40 bits per heavy atom. The molecule has 0 aromatic carbocycles. The van der Waals surface area contributed by atoms with Gasteiger partial charge in [0.15, 0.2) is 6.29 Å². The molecule has 0 saturated heterocycles. The molecule has 0 unspecified atom stereocenters. The number of rotatable bonds is 3. The molecule has 0 aliphatic heterocycles. The van der Waals surface area contributed by atoms with Crippen LogP contribution in [0.25, 0.3) is 0 Å². The van der Waals surface area contributed by atoms with E-state index >= 15 is 0 Å². The van der Waals surface area contributed by atoms with Gasteiger partial charge in [-0.3, -0.25) is 4.79 Å². The molecular formula is C12H16O3. The van der Waals surface area contributed by atoms with Gasteiger partial charge in [0, 0.05) is 0 Å². The normalized spacial score (nSPS) is 20.1. The van der Waals surface area contributed by atoms with E-state index in [1.165, 1.54) is 25.5 Å². The van der Waals surface area contributed by atoms with Crippen LogP contribution in [0.15, 0.2) is 16.7 Å². The molecule has 3 nitrogen and oxygen atoms in total. The molecule has 1 aromatic rings. The fourth-order valence-electron chi connectivity index (χ4n) is 2.33. The molecule has 0 radical (unpaired) electrons. The summed E-state index contributed by atoms with van der Waals surface area (Å²) in [5.74, 6) is 0.695. The van der Waals surface area contributed by atoms with E-state index in [9.17, 15) is 9.90 Å². The van der Waals surface area contributed by atoms with Gasteiger partial charge in [-0.25, -0.2) is 0 Å². The second kappa shape index (κ2) is 4.62. The number of carbonyl (C=O) groups excluding carboxylic acids is 1. The highest BCUT2D eigenvalue weighted by molar-refractivity contribution is 5.76. The zero-order chi connectivity index (χ0) is 10.7. The van der Waals surface area contributed by atoms with Gasteiger partial charge in [0.05, 0.1) is 11.8 Å². The summed E-state index contributed by atoms with van der Waals surface area (Å²) in [6.07, 6.45) is 7.23. The summed E-state index contributed by atoms with van der Waals surface area (Å²) in [6, 6.07) is 1.61. The first-order valence-electron chi connectivity index (χ1n) is 5.53. The molecule has 0 bridgehead atoms. The molecule has 1 aliphatic carbocycles. The first-order valence-corrected chi connectivity index (χ1v) is 5.53.